The van der Waals surface area contributed by atoms with Gasteiger partial charge in [0.25, 0.3) is 5.69 Å². The van der Waals surface area contributed by atoms with Gasteiger partial charge in [-0.3, -0.25) is 10.1 Å². The smallest absolute Gasteiger partial charge is 0.345 e. The lowest BCUT2D eigenvalue weighted by atomic mass is 10.1. The van der Waals surface area contributed by atoms with Gasteiger partial charge in [0.05, 0.1) is 17.1 Å². The van der Waals surface area contributed by atoms with Crippen molar-refractivity contribution in [2.45, 2.75) is 13.5 Å². The number of halogens is 1. The van der Waals surface area contributed by atoms with Gasteiger partial charge in [-0.1, -0.05) is 34.1 Å². The summed E-state index contributed by atoms with van der Waals surface area (Å²) in [5, 5.41) is 11.0. The van der Waals surface area contributed by atoms with Crippen LogP contribution in [0.4, 0.5) is 5.69 Å². The molecular formula is C17H14BrNO6. The van der Waals surface area contributed by atoms with E-state index in [1.165, 1.54) is 24.3 Å². The SMILES string of the molecule is CCOC(=O)c1ccc(COC(=O)c2ccccc2[N+](=O)[O-])c(Br)c1. The van der Waals surface area contributed by atoms with Gasteiger partial charge in [-0.2, -0.15) is 0 Å². The normalized spacial score (nSPS) is 10.2. The van der Waals surface area contributed by atoms with Crippen molar-refractivity contribution in [2.24, 2.45) is 0 Å². The van der Waals surface area contributed by atoms with Crippen LogP contribution < -0.4 is 0 Å². The van der Waals surface area contributed by atoms with E-state index >= 15 is 0 Å². The summed E-state index contributed by atoms with van der Waals surface area (Å²) < 4.78 is 10.6. The van der Waals surface area contributed by atoms with Crippen LogP contribution in [-0.2, 0) is 16.1 Å². The van der Waals surface area contributed by atoms with Gasteiger partial charge in [-0.15, -0.1) is 0 Å². The molecule has 0 atom stereocenters. The van der Waals surface area contributed by atoms with Crippen molar-refractivity contribution < 1.29 is 24.0 Å². The van der Waals surface area contributed by atoms with Crippen LogP contribution in [0.15, 0.2) is 46.9 Å². The number of esters is 2. The number of carbonyl (C=O) groups excluding carboxylic acids is 2. The second-order valence-corrected chi connectivity index (χ2v) is 5.73. The highest BCUT2D eigenvalue weighted by molar-refractivity contribution is 9.10. The molecule has 0 aliphatic rings. The molecule has 8 heteroatoms. The van der Waals surface area contributed by atoms with Crippen molar-refractivity contribution >= 4 is 33.6 Å². The summed E-state index contributed by atoms with van der Waals surface area (Å²) in [5.41, 5.74) is 0.540. The third-order valence-electron chi connectivity index (χ3n) is 3.24. The fourth-order valence-corrected chi connectivity index (χ4v) is 2.53. The van der Waals surface area contributed by atoms with Gasteiger partial charge in [-0.05, 0) is 25.1 Å². The van der Waals surface area contributed by atoms with Gasteiger partial charge in [0.2, 0.25) is 0 Å². The molecule has 25 heavy (non-hydrogen) atoms. The minimum atomic E-state index is -0.798. The van der Waals surface area contributed by atoms with E-state index in [1.807, 2.05) is 0 Å². The van der Waals surface area contributed by atoms with Crippen molar-refractivity contribution in [3.63, 3.8) is 0 Å². The molecule has 0 aliphatic carbocycles. The van der Waals surface area contributed by atoms with E-state index in [0.717, 1.165) is 0 Å². The number of benzene rings is 2. The van der Waals surface area contributed by atoms with Crippen molar-refractivity contribution in [3.8, 4) is 0 Å². The van der Waals surface area contributed by atoms with Crippen molar-refractivity contribution in [1.82, 2.24) is 0 Å². The third kappa shape index (κ3) is 4.63. The highest BCUT2D eigenvalue weighted by atomic mass is 79.9. The molecule has 0 heterocycles. The van der Waals surface area contributed by atoms with E-state index in [4.69, 9.17) is 9.47 Å². The number of nitrogens with zero attached hydrogens (tertiary/aromatic N) is 1. The zero-order valence-corrected chi connectivity index (χ0v) is 14.8. The molecule has 0 spiro atoms. The first kappa shape index (κ1) is 18.6. The summed E-state index contributed by atoms with van der Waals surface area (Å²) in [5.74, 6) is -1.25. The molecule has 0 fully saturated rings. The van der Waals surface area contributed by atoms with Crippen LogP contribution in [0.3, 0.4) is 0 Å². The molecule has 0 saturated carbocycles. The molecule has 0 aliphatic heterocycles. The number of para-hydroxylation sites is 1. The molecule has 2 rings (SSSR count). The number of hydrogen-bond donors (Lipinski definition) is 0. The minimum Gasteiger partial charge on any atom is -0.462 e. The Morgan fingerprint density at radius 2 is 1.84 bits per heavy atom. The summed E-state index contributed by atoms with van der Waals surface area (Å²) in [6.45, 7) is 1.88. The van der Waals surface area contributed by atoms with Gasteiger partial charge in [0, 0.05) is 16.1 Å². The zero-order valence-electron chi connectivity index (χ0n) is 13.2. The van der Waals surface area contributed by atoms with Crippen LogP contribution in [0, 0.1) is 10.1 Å². The predicted molar refractivity (Wildman–Crippen MR) is 92.3 cm³/mol. The minimum absolute atomic E-state index is 0.103. The van der Waals surface area contributed by atoms with Crippen LogP contribution in [0.5, 0.6) is 0 Å². The molecule has 0 radical (unpaired) electrons. The Morgan fingerprint density at radius 1 is 1.12 bits per heavy atom. The van der Waals surface area contributed by atoms with Gasteiger partial charge >= 0.3 is 11.9 Å². The maximum absolute atomic E-state index is 12.1. The Balaban J connectivity index is 2.10. The summed E-state index contributed by atoms with van der Waals surface area (Å²) in [7, 11) is 0. The topological polar surface area (TPSA) is 95.7 Å². The Labute approximate surface area is 151 Å². The number of carbonyl (C=O) groups is 2. The average molecular weight is 408 g/mol. The number of nitro groups is 1. The van der Waals surface area contributed by atoms with Gasteiger partial charge in [-0.25, -0.2) is 9.59 Å². The highest BCUT2D eigenvalue weighted by Crippen LogP contribution is 2.22. The molecular weight excluding hydrogens is 394 g/mol. The van der Waals surface area contributed by atoms with Gasteiger partial charge in [0.1, 0.15) is 12.2 Å². The summed E-state index contributed by atoms with van der Waals surface area (Å²) in [6.07, 6.45) is 0. The zero-order chi connectivity index (χ0) is 18.4. The molecule has 0 N–H and O–H groups in total. The quantitative estimate of drug-likeness (QED) is 0.409. The average Bonchev–Trinajstić information content (AvgIpc) is 2.60. The van der Waals surface area contributed by atoms with Crippen LogP contribution in [0.2, 0.25) is 0 Å². The van der Waals surface area contributed by atoms with E-state index < -0.39 is 16.9 Å². The molecule has 0 aromatic heterocycles. The molecule has 0 amide bonds. The lowest BCUT2D eigenvalue weighted by Gasteiger charge is -2.09. The Kier molecular flexibility index (Phi) is 6.24. The van der Waals surface area contributed by atoms with Crippen molar-refractivity contribution in [2.75, 3.05) is 6.61 Å². The molecule has 0 unspecified atom stereocenters. The first-order valence-electron chi connectivity index (χ1n) is 7.30. The van der Waals surface area contributed by atoms with E-state index in [2.05, 4.69) is 15.9 Å². The number of ether oxygens (including phenoxy) is 2. The van der Waals surface area contributed by atoms with Crippen LogP contribution in [0.1, 0.15) is 33.2 Å². The Morgan fingerprint density at radius 3 is 2.48 bits per heavy atom. The largest absolute Gasteiger partial charge is 0.462 e. The molecule has 2 aromatic rings. The predicted octanol–water partition coefficient (Wildman–Crippen LogP) is 3.89. The second-order valence-electron chi connectivity index (χ2n) is 4.88. The third-order valence-corrected chi connectivity index (χ3v) is 3.98. The maximum Gasteiger partial charge on any atom is 0.345 e. The first-order chi connectivity index (χ1) is 11.9. The Bertz CT molecular complexity index is 821. The van der Waals surface area contributed by atoms with Crippen LogP contribution in [0.25, 0.3) is 0 Å². The maximum atomic E-state index is 12.1. The van der Waals surface area contributed by atoms with E-state index in [9.17, 15) is 19.7 Å². The standard InChI is InChI=1S/C17H14BrNO6/c1-2-24-16(20)11-7-8-12(14(18)9-11)10-25-17(21)13-5-3-4-6-15(13)19(22)23/h3-9H,2,10H2,1H3. The lowest BCUT2D eigenvalue weighted by molar-refractivity contribution is -0.385. The number of hydrogen-bond acceptors (Lipinski definition) is 6. The number of nitro benzene ring substituents is 1. The van der Waals surface area contributed by atoms with E-state index in [-0.39, 0.29) is 24.5 Å². The summed E-state index contributed by atoms with van der Waals surface area (Å²) in [4.78, 5) is 34.1. The lowest BCUT2D eigenvalue weighted by Crippen LogP contribution is -2.09. The summed E-state index contributed by atoms with van der Waals surface area (Å²) in [6, 6.07) is 10.3. The fourth-order valence-electron chi connectivity index (χ4n) is 2.03. The van der Waals surface area contributed by atoms with Crippen molar-refractivity contribution in [1.29, 1.82) is 0 Å². The van der Waals surface area contributed by atoms with Crippen LogP contribution in [-0.4, -0.2) is 23.5 Å². The van der Waals surface area contributed by atoms with Crippen LogP contribution >= 0.6 is 15.9 Å². The number of rotatable bonds is 6. The molecule has 7 nitrogen and oxygen atoms in total. The molecule has 130 valence electrons. The Hall–Kier alpha value is -2.74. The first-order valence-corrected chi connectivity index (χ1v) is 8.09. The van der Waals surface area contributed by atoms with E-state index in [0.29, 0.717) is 15.6 Å². The molecule has 0 bridgehead atoms. The highest BCUT2D eigenvalue weighted by Gasteiger charge is 2.20. The van der Waals surface area contributed by atoms with Gasteiger partial charge in [0.15, 0.2) is 0 Å². The second kappa shape index (κ2) is 8.39. The molecule has 0 saturated heterocycles. The molecule has 2 aromatic carbocycles. The van der Waals surface area contributed by atoms with E-state index in [1.54, 1.807) is 25.1 Å². The fraction of sp³-hybridized carbons (Fsp3) is 0.176. The summed E-state index contributed by atoms with van der Waals surface area (Å²) >= 11 is 3.30. The van der Waals surface area contributed by atoms with Gasteiger partial charge < -0.3 is 9.47 Å². The van der Waals surface area contributed by atoms with Crippen molar-refractivity contribution in [3.05, 3.63) is 73.7 Å². The monoisotopic (exact) mass is 407 g/mol.